The highest BCUT2D eigenvalue weighted by Gasteiger charge is 2.17. The standard InChI is InChI=1S/C30H33N7O2/c1-23-5-11-27(12-6-23)37-29(33-30(38)26-20-31-13-3-4-14-35(2)32-21-26)19-28(34-37)25-9-7-24(8-10-25)22-36-15-17-39-18-16-36/h4-14,19-21H,3,15-18,22H2,1-2H3,(H,33,38)/b14-4-,26-20-,31-13?,32-21-. The van der Waals surface area contributed by atoms with Gasteiger partial charge in [-0.2, -0.15) is 10.2 Å². The smallest absolute Gasteiger partial charge is 0.260 e. The van der Waals surface area contributed by atoms with Crippen molar-refractivity contribution < 1.29 is 9.53 Å². The lowest BCUT2D eigenvalue weighted by Crippen LogP contribution is -2.35. The molecule has 1 amide bonds. The first kappa shape index (κ1) is 26.3. The summed E-state index contributed by atoms with van der Waals surface area (Å²) in [7, 11) is 1.81. The van der Waals surface area contributed by atoms with Crippen LogP contribution in [0.4, 0.5) is 5.82 Å². The summed E-state index contributed by atoms with van der Waals surface area (Å²) in [6.45, 7) is 6.40. The molecular formula is C30H33N7O2. The van der Waals surface area contributed by atoms with E-state index in [1.807, 2.05) is 56.6 Å². The molecule has 1 saturated heterocycles. The van der Waals surface area contributed by atoms with E-state index in [4.69, 9.17) is 9.84 Å². The van der Waals surface area contributed by atoms with Gasteiger partial charge in [0.15, 0.2) is 0 Å². The highest BCUT2D eigenvalue weighted by Crippen LogP contribution is 2.26. The first-order chi connectivity index (χ1) is 19.0. The molecule has 0 saturated carbocycles. The zero-order chi connectivity index (χ0) is 27.0. The monoisotopic (exact) mass is 523 g/mol. The third-order valence-corrected chi connectivity index (χ3v) is 6.51. The number of anilines is 1. The lowest BCUT2D eigenvalue weighted by atomic mass is 10.1. The molecule has 1 fully saturated rings. The van der Waals surface area contributed by atoms with E-state index in [0.29, 0.717) is 17.8 Å². The van der Waals surface area contributed by atoms with Crippen molar-refractivity contribution in [2.75, 3.05) is 38.7 Å². The van der Waals surface area contributed by atoms with Crippen LogP contribution in [0.25, 0.3) is 16.9 Å². The van der Waals surface area contributed by atoms with Crippen molar-refractivity contribution in [3.05, 3.63) is 89.8 Å². The molecular weight excluding hydrogens is 490 g/mol. The molecule has 2 aliphatic rings. The highest BCUT2D eigenvalue weighted by molar-refractivity contribution is 6.17. The van der Waals surface area contributed by atoms with Crippen molar-refractivity contribution in [3.8, 4) is 16.9 Å². The van der Waals surface area contributed by atoms with Gasteiger partial charge in [-0.3, -0.25) is 19.7 Å². The largest absolute Gasteiger partial charge is 0.379 e. The summed E-state index contributed by atoms with van der Waals surface area (Å²) in [6.07, 6.45) is 9.19. The van der Waals surface area contributed by atoms with Gasteiger partial charge in [-0.1, -0.05) is 48.0 Å². The summed E-state index contributed by atoms with van der Waals surface area (Å²) in [5.41, 5.74) is 5.31. The van der Waals surface area contributed by atoms with Crippen molar-refractivity contribution in [3.63, 3.8) is 0 Å². The van der Waals surface area contributed by atoms with E-state index in [9.17, 15) is 4.79 Å². The van der Waals surface area contributed by atoms with Gasteiger partial charge in [0.05, 0.1) is 36.4 Å². The molecule has 200 valence electrons. The molecule has 0 spiro atoms. The first-order valence-electron chi connectivity index (χ1n) is 13.1. The zero-order valence-electron chi connectivity index (χ0n) is 22.3. The Bertz CT molecular complexity index is 1400. The molecule has 9 heteroatoms. The van der Waals surface area contributed by atoms with Crippen LogP contribution in [0, 0.1) is 6.92 Å². The number of hydrazone groups is 1. The number of rotatable bonds is 6. The number of amides is 1. The molecule has 2 aromatic carbocycles. The predicted octanol–water partition coefficient (Wildman–Crippen LogP) is 4.41. The number of nitrogens with one attached hydrogen (secondary N) is 1. The molecule has 9 nitrogen and oxygen atoms in total. The van der Waals surface area contributed by atoms with Crippen molar-refractivity contribution in [2.24, 2.45) is 10.1 Å². The average Bonchev–Trinajstić information content (AvgIpc) is 3.37. The Kier molecular flexibility index (Phi) is 8.40. The van der Waals surface area contributed by atoms with Crippen LogP contribution in [0.3, 0.4) is 0 Å². The maximum atomic E-state index is 13.3. The summed E-state index contributed by atoms with van der Waals surface area (Å²) in [5, 5.41) is 13.9. The van der Waals surface area contributed by atoms with Gasteiger partial charge < -0.3 is 10.1 Å². The second-order valence-corrected chi connectivity index (χ2v) is 9.56. The lowest BCUT2D eigenvalue weighted by molar-refractivity contribution is -0.112. The SMILES string of the molecule is Cc1ccc(-n2nc(-c3ccc(CN4CCOCC4)cc3)cc2NC(=O)C2=C\N=CC/C=C\N(C)/N=C\2)cc1. The number of morpholine rings is 1. The van der Waals surface area contributed by atoms with Gasteiger partial charge in [0, 0.05) is 63.3 Å². The Morgan fingerprint density at radius 2 is 1.82 bits per heavy atom. The van der Waals surface area contributed by atoms with E-state index in [1.54, 1.807) is 15.9 Å². The van der Waals surface area contributed by atoms with Crippen molar-refractivity contribution >= 4 is 24.2 Å². The number of carbonyl (C=O) groups is 1. The first-order valence-corrected chi connectivity index (χ1v) is 13.1. The Labute approximate surface area is 228 Å². The normalized spacial score (nSPS) is 19.2. The van der Waals surface area contributed by atoms with E-state index in [0.717, 1.165) is 55.4 Å². The number of aliphatic imine (C=N–C) groups is 1. The van der Waals surface area contributed by atoms with Crippen LogP contribution in [0.2, 0.25) is 0 Å². The van der Waals surface area contributed by atoms with Crippen molar-refractivity contribution in [1.82, 2.24) is 19.7 Å². The molecule has 0 atom stereocenters. The molecule has 0 radical (unpaired) electrons. The minimum absolute atomic E-state index is 0.325. The van der Waals surface area contributed by atoms with Crippen LogP contribution >= 0.6 is 0 Å². The number of hydrogen-bond donors (Lipinski definition) is 1. The minimum atomic E-state index is -0.325. The topological polar surface area (TPSA) is 87.3 Å². The number of carbonyl (C=O) groups excluding carboxylic acids is 1. The molecule has 3 aromatic rings. The number of aryl methyl sites for hydroxylation is 1. The van der Waals surface area contributed by atoms with E-state index in [1.165, 1.54) is 18.0 Å². The molecule has 0 bridgehead atoms. The molecule has 0 aliphatic carbocycles. The van der Waals surface area contributed by atoms with Crippen LogP contribution < -0.4 is 5.32 Å². The summed E-state index contributed by atoms with van der Waals surface area (Å²) in [5.74, 6) is 0.231. The number of allylic oxidation sites excluding steroid dienone is 1. The Balaban J connectivity index is 1.41. The Hall–Kier alpha value is -4.34. The van der Waals surface area contributed by atoms with Crippen molar-refractivity contribution in [2.45, 2.75) is 19.9 Å². The summed E-state index contributed by atoms with van der Waals surface area (Å²) in [6, 6.07) is 18.4. The molecule has 1 N–H and O–H groups in total. The molecule has 5 rings (SSSR count). The zero-order valence-corrected chi connectivity index (χ0v) is 22.3. The van der Waals surface area contributed by atoms with Gasteiger partial charge in [0.25, 0.3) is 5.91 Å². The Morgan fingerprint density at radius 3 is 2.59 bits per heavy atom. The molecule has 0 unspecified atom stereocenters. The van der Waals surface area contributed by atoms with Crippen LogP contribution in [-0.4, -0.2) is 71.4 Å². The molecule has 2 aliphatic heterocycles. The fourth-order valence-corrected chi connectivity index (χ4v) is 4.29. The number of aromatic nitrogens is 2. The molecule has 3 heterocycles. The minimum Gasteiger partial charge on any atom is -0.379 e. The lowest BCUT2D eigenvalue weighted by Gasteiger charge is -2.26. The van der Waals surface area contributed by atoms with Gasteiger partial charge in [-0.15, -0.1) is 0 Å². The van der Waals surface area contributed by atoms with Crippen LogP contribution in [0.5, 0.6) is 0 Å². The summed E-state index contributed by atoms with van der Waals surface area (Å²) < 4.78 is 7.21. The van der Waals surface area contributed by atoms with Crippen LogP contribution in [0.15, 0.2) is 88.7 Å². The number of hydrogen-bond acceptors (Lipinski definition) is 7. The van der Waals surface area contributed by atoms with Gasteiger partial charge in [0.2, 0.25) is 0 Å². The van der Waals surface area contributed by atoms with Crippen LogP contribution in [-0.2, 0) is 16.1 Å². The van der Waals surface area contributed by atoms with E-state index in [2.05, 4.69) is 44.6 Å². The fourth-order valence-electron chi connectivity index (χ4n) is 4.29. The second-order valence-electron chi connectivity index (χ2n) is 9.56. The Morgan fingerprint density at radius 1 is 1.05 bits per heavy atom. The van der Waals surface area contributed by atoms with Gasteiger partial charge in [0.1, 0.15) is 5.82 Å². The quantitative estimate of drug-likeness (QED) is 0.517. The average molecular weight is 524 g/mol. The second kappa shape index (κ2) is 12.5. The summed E-state index contributed by atoms with van der Waals surface area (Å²) >= 11 is 0. The fraction of sp³-hybridized carbons (Fsp3) is 0.267. The maximum Gasteiger partial charge on any atom is 0.260 e. The number of benzene rings is 2. The van der Waals surface area contributed by atoms with Crippen LogP contribution in [0.1, 0.15) is 17.5 Å². The van der Waals surface area contributed by atoms with E-state index in [-0.39, 0.29) is 5.91 Å². The predicted molar refractivity (Wildman–Crippen MR) is 155 cm³/mol. The van der Waals surface area contributed by atoms with Gasteiger partial charge in [-0.05, 0) is 24.6 Å². The van der Waals surface area contributed by atoms with Gasteiger partial charge in [-0.25, -0.2) is 4.68 Å². The summed E-state index contributed by atoms with van der Waals surface area (Å²) in [4.78, 5) is 20.0. The number of nitrogens with zero attached hydrogens (tertiary/aromatic N) is 6. The van der Waals surface area contributed by atoms with Crippen molar-refractivity contribution in [1.29, 1.82) is 0 Å². The molecule has 39 heavy (non-hydrogen) atoms. The maximum absolute atomic E-state index is 13.3. The van der Waals surface area contributed by atoms with Gasteiger partial charge >= 0.3 is 0 Å². The third-order valence-electron chi connectivity index (χ3n) is 6.51. The molecule has 1 aromatic heterocycles. The van der Waals surface area contributed by atoms with E-state index < -0.39 is 0 Å². The van der Waals surface area contributed by atoms with E-state index >= 15 is 0 Å². The number of ether oxygens (including phenoxy) is 1. The third kappa shape index (κ3) is 6.95. The highest BCUT2D eigenvalue weighted by atomic mass is 16.5.